The van der Waals surface area contributed by atoms with Gasteiger partial charge in [0.15, 0.2) is 0 Å². The van der Waals surface area contributed by atoms with Crippen molar-refractivity contribution in [1.29, 1.82) is 0 Å². The SMILES string of the molecule is O=C(CCC(=O)CCc1ccc(O)cc1)CCc1ccc(O)cc1. The van der Waals surface area contributed by atoms with Crippen LogP contribution in [0.1, 0.15) is 36.8 Å². The number of benzene rings is 2. The lowest BCUT2D eigenvalue weighted by Gasteiger charge is -2.03. The maximum atomic E-state index is 11.9. The molecule has 0 saturated carbocycles. The highest BCUT2D eigenvalue weighted by Gasteiger charge is 2.08. The Hall–Kier alpha value is -2.62. The Balaban J connectivity index is 1.64. The summed E-state index contributed by atoms with van der Waals surface area (Å²) in [5.74, 6) is 0.593. The van der Waals surface area contributed by atoms with E-state index < -0.39 is 0 Å². The fraction of sp³-hybridized carbons (Fsp3) is 0.300. The molecule has 0 radical (unpaired) electrons. The van der Waals surface area contributed by atoms with Crippen molar-refractivity contribution in [2.45, 2.75) is 38.5 Å². The number of aryl methyl sites for hydroxylation is 2. The second kappa shape index (κ2) is 8.87. The zero-order valence-electron chi connectivity index (χ0n) is 13.6. The third kappa shape index (κ3) is 6.24. The highest BCUT2D eigenvalue weighted by Crippen LogP contribution is 2.13. The van der Waals surface area contributed by atoms with Crippen molar-refractivity contribution in [3.8, 4) is 11.5 Å². The van der Waals surface area contributed by atoms with Crippen LogP contribution in [0.25, 0.3) is 0 Å². The summed E-state index contributed by atoms with van der Waals surface area (Å²) in [6.07, 6.45) is 2.65. The van der Waals surface area contributed by atoms with Gasteiger partial charge in [0.05, 0.1) is 0 Å². The van der Waals surface area contributed by atoms with Crippen LogP contribution in [0.2, 0.25) is 0 Å². The van der Waals surface area contributed by atoms with E-state index in [-0.39, 0.29) is 35.9 Å². The predicted molar refractivity (Wildman–Crippen MR) is 92.1 cm³/mol. The number of rotatable bonds is 9. The molecule has 0 fully saturated rings. The van der Waals surface area contributed by atoms with E-state index in [1.165, 1.54) is 0 Å². The highest BCUT2D eigenvalue weighted by atomic mass is 16.3. The van der Waals surface area contributed by atoms with Gasteiger partial charge in [-0.3, -0.25) is 9.59 Å². The molecule has 126 valence electrons. The van der Waals surface area contributed by atoms with Crippen LogP contribution in [0.3, 0.4) is 0 Å². The molecule has 0 aromatic heterocycles. The van der Waals surface area contributed by atoms with Gasteiger partial charge in [-0.05, 0) is 48.2 Å². The van der Waals surface area contributed by atoms with E-state index >= 15 is 0 Å². The Morgan fingerprint density at radius 1 is 0.583 bits per heavy atom. The molecule has 0 bridgehead atoms. The number of phenols is 2. The van der Waals surface area contributed by atoms with Crippen LogP contribution in [-0.2, 0) is 22.4 Å². The molecule has 4 heteroatoms. The number of phenolic OH excluding ortho intramolecular Hbond substituents is 2. The molecule has 0 saturated heterocycles. The van der Waals surface area contributed by atoms with Gasteiger partial charge in [0.1, 0.15) is 23.1 Å². The van der Waals surface area contributed by atoms with E-state index in [4.69, 9.17) is 0 Å². The Bertz CT molecular complexity index is 610. The highest BCUT2D eigenvalue weighted by molar-refractivity contribution is 5.86. The molecule has 2 rings (SSSR count). The van der Waals surface area contributed by atoms with Gasteiger partial charge in [-0.15, -0.1) is 0 Å². The monoisotopic (exact) mass is 326 g/mol. The van der Waals surface area contributed by atoms with Crippen LogP contribution in [0, 0.1) is 0 Å². The van der Waals surface area contributed by atoms with Crippen LogP contribution >= 0.6 is 0 Å². The molecule has 24 heavy (non-hydrogen) atoms. The van der Waals surface area contributed by atoms with Crippen LogP contribution in [0.4, 0.5) is 0 Å². The summed E-state index contributed by atoms with van der Waals surface area (Å²) in [4.78, 5) is 23.7. The van der Waals surface area contributed by atoms with Gasteiger partial charge in [0, 0.05) is 25.7 Å². The summed E-state index contributed by atoms with van der Waals surface area (Å²) in [6.45, 7) is 0. The Kier molecular flexibility index (Phi) is 6.55. The summed E-state index contributed by atoms with van der Waals surface area (Å²) in [5, 5.41) is 18.4. The van der Waals surface area contributed by atoms with Gasteiger partial charge in [-0.25, -0.2) is 0 Å². The first-order chi connectivity index (χ1) is 11.5. The molecule has 0 spiro atoms. The van der Waals surface area contributed by atoms with E-state index in [0.717, 1.165) is 11.1 Å². The number of ketones is 2. The average molecular weight is 326 g/mol. The van der Waals surface area contributed by atoms with Gasteiger partial charge >= 0.3 is 0 Å². The predicted octanol–water partition coefficient (Wildman–Crippen LogP) is 3.58. The molecular weight excluding hydrogens is 304 g/mol. The summed E-state index contributed by atoms with van der Waals surface area (Å²) in [6, 6.07) is 13.6. The van der Waals surface area contributed by atoms with Crippen molar-refractivity contribution in [2.75, 3.05) is 0 Å². The van der Waals surface area contributed by atoms with Crippen LogP contribution in [0.5, 0.6) is 11.5 Å². The summed E-state index contributed by atoms with van der Waals surface area (Å²) >= 11 is 0. The molecule has 0 amide bonds. The minimum atomic E-state index is 0.0843. The zero-order valence-corrected chi connectivity index (χ0v) is 13.6. The molecule has 2 aromatic rings. The normalized spacial score (nSPS) is 10.5. The number of aromatic hydroxyl groups is 2. The summed E-state index contributed by atoms with van der Waals surface area (Å²) < 4.78 is 0. The Labute approximate surface area is 141 Å². The Morgan fingerprint density at radius 3 is 1.25 bits per heavy atom. The summed E-state index contributed by atoms with van der Waals surface area (Å²) in [5.41, 5.74) is 2.00. The van der Waals surface area contributed by atoms with Gasteiger partial charge in [0.25, 0.3) is 0 Å². The Morgan fingerprint density at radius 2 is 0.917 bits per heavy atom. The van der Waals surface area contributed by atoms with Gasteiger partial charge in [0.2, 0.25) is 0 Å². The van der Waals surface area contributed by atoms with E-state index in [9.17, 15) is 19.8 Å². The third-order valence-electron chi connectivity index (χ3n) is 3.94. The number of hydrogen-bond acceptors (Lipinski definition) is 4. The molecule has 2 N–H and O–H groups in total. The van der Waals surface area contributed by atoms with Crippen molar-refractivity contribution in [1.82, 2.24) is 0 Å². The molecule has 0 unspecified atom stereocenters. The lowest BCUT2D eigenvalue weighted by Crippen LogP contribution is -2.06. The largest absolute Gasteiger partial charge is 0.508 e. The second-order valence-electron chi connectivity index (χ2n) is 5.91. The molecular formula is C20H22O4. The fourth-order valence-electron chi connectivity index (χ4n) is 2.42. The van der Waals surface area contributed by atoms with Gasteiger partial charge < -0.3 is 10.2 Å². The second-order valence-corrected chi connectivity index (χ2v) is 5.91. The maximum absolute atomic E-state index is 11.9. The molecule has 0 aliphatic heterocycles. The van der Waals surface area contributed by atoms with Crippen LogP contribution < -0.4 is 0 Å². The molecule has 4 nitrogen and oxygen atoms in total. The third-order valence-corrected chi connectivity index (χ3v) is 3.94. The molecule has 0 aliphatic carbocycles. The number of hydrogen-bond donors (Lipinski definition) is 2. The number of carbonyl (C=O) groups is 2. The number of Topliss-reactive ketones (excluding diaryl/α,β-unsaturated/α-hetero) is 2. The van der Waals surface area contributed by atoms with E-state index in [0.29, 0.717) is 25.7 Å². The van der Waals surface area contributed by atoms with E-state index in [2.05, 4.69) is 0 Å². The minimum Gasteiger partial charge on any atom is -0.508 e. The molecule has 0 atom stereocenters. The zero-order chi connectivity index (χ0) is 17.4. The molecule has 0 aliphatic rings. The smallest absolute Gasteiger partial charge is 0.133 e. The first kappa shape index (κ1) is 17.7. The van der Waals surface area contributed by atoms with Crippen molar-refractivity contribution in [2.24, 2.45) is 0 Å². The van der Waals surface area contributed by atoms with Crippen molar-refractivity contribution < 1.29 is 19.8 Å². The fourth-order valence-corrected chi connectivity index (χ4v) is 2.42. The van der Waals surface area contributed by atoms with Crippen LogP contribution in [0.15, 0.2) is 48.5 Å². The van der Waals surface area contributed by atoms with Gasteiger partial charge in [-0.1, -0.05) is 24.3 Å². The van der Waals surface area contributed by atoms with Gasteiger partial charge in [-0.2, -0.15) is 0 Å². The van der Waals surface area contributed by atoms with Crippen molar-refractivity contribution in [3.05, 3.63) is 59.7 Å². The quantitative estimate of drug-likeness (QED) is 0.738. The van der Waals surface area contributed by atoms with Crippen LogP contribution in [-0.4, -0.2) is 21.8 Å². The first-order valence-electron chi connectivity index (χ1n) is 8.12. The topological polar surface area (TPSA) is 74.6 Å². The summed E-state index contributed by atoms with van der Waals surface area (Å²) in [7, 11) is 0. The molecule has 0 heterocycles. The first-order valence-corrected chi connectivity index (χ1v) is 8.12. The maximum Gasteiger partial charge on any atom is 0.133 e. The van der Waals surface area contributed by atoms with Crippen molar-refractivity contribution >= 4 is 11.6 Å². The molecule has 2 aromatic carbocycles. The van der Waals surface area contributed by atoms with Crippen molar-refractivity contribution in [3.63, 3.8) is 0 Å². The standard InChI is InChI=1S/C20H22O4/c21-17-7-1-15(2-8-17)5-11-19(23)13-14-20(24)12-6-16-3-9-18(22)10-4-16/h1-4,7-10,21-22H,5-6,11-14H2. The minimum absolute atomic E-state index is 0.0843. The average Bonchev–Trinajstić information content (AvgIpc) is 2.59. The lowest BCUT2D eigenvalue weighted by atomic mass is 10.0. The lowest BCUT2D eigenvalue weighted by molar-refractivity contribution is -0.124. The van der Waals surface area contributed by atoms with E-state index in [1.54, 1.807) is 48.5 Å². The van der Waals surface area contributed by atoms with E-state index in [1.807, 2.05) is 0 Å². The number of carbonyl (C=O) groups excluding carboxylic acids is 2.